The Morgan fingerprint density at radius 2 is 2.10 bits per heavy atom. The molecule has 0 saturated heterocycles. The van der Waals surface area contributed by atoms with Crippen LogP contribution in [-0.4, -0.2) is 18.8 Å². The number of rotatable bonds is 5. The first-order valence-corrected chi connectivity index (χ1v) is 9.76. The van der Waals surface area contributed by atoms with Gasteiger partial charge in [-0.15, -0.1) is 11.3 Å². The first-order valence-electron chi connectivity index (χ1n) is 6.71. The summed E-state index contributed by atoms with van der Waals surface area (Å²) in [7, 11) is -3.47. The third-order valence-electron chi connectivity index (χ3n) is 3.46. The van der Waals surface area contributed by atoms with Crippen molar-refractivity contribution in [1.82, 2.24) is 4.31 Å². The van der Waals surface area contributed by atoms with Crippen LogP contribution in [0.1, 0.15) is 29.9 Å². The van der Waals surface area contributed by atoms with Gasteiger partial charge in [0.15, 0.2) is 0 Å². The van der Waals surface area contributed by atoms with E-state index in [1.807, 2.05) is 26.0 Å². The van der Waals surface area contributed by atoms with Crippen molar-refractivity contribution in [2.24, 2.45) is 0 Å². The van der Waals surface area contributed by atoms with Gasteiger partial charge in [0, 0.05) is 6.04 Å². The molecule has 0 bridgehead atoms. The molecule has 1 aliphatic rings. The van der Waals surface area contributed by atoms with Gasteiger partial charge in [-0.1, -0.05) is 0 Å². The highest BCUT2D eigenvalue weighted by atomic mass is 79.9. The summed E-state index contributed by atoms with van der Waals surface area (Å²) < 4.78 is 34.1. The molecular weight excluding hydrogens is 374 g/mol. The lowest BCUT2D eigenvalue weighted by Gasteiger charge is -2.19. The number of halogens is 1. The van der Waals surface area contributed by atoms with Crippen LogP contribution < -0.4 is 0 Å². The van der Waals surface area contributed by atoms with E-state index >= 15 is 0 Å². The van der Waals surface area contributed by atoms with E-state index in [9.17, 15) is 8.42 Å². The molecule has 0 spiro atoms. The molecule has 7 heteroatoms. The summed E-state index contributed by atoms with van der Waals surface area (Å²) >= 11 is 4.66. The number of furan rings is 1. The molecule has 1 fully saturated rings. The van der Waals surface area contributed by atoms with E-state index in [1.54, 1.807) is 10.4 Å². The van der Waals surface area contributed by atoms with Gasteiger partial charge >= 0.3 is 0 Å². The summed E-state index contributed by atoms with van der Waals surface area (Å²) in [5.74, 6) is 1.49. The second kappa shape index (κ2) is 5.53. The Morgan fingerprint density at radius 3 is 2.57 bits per heavy atom. The summed E-state index contributed by atoms with van der Waals surface area (Å²) in [6.07, 6.45) is 1.84. The van der Waals surface area contributed by atoms with E-state index in [4.69, 9.17) is 4.42 Å². The third-order valence-corrected chi connectivity index (χ3v) is 7.94. The molecule has 2 heterocycles. The van der Waals surface area contributed by atoms with Crippen LogP contribution in [0.3, 0.4) is 0 Å². The monoisotopic (exact) mass is 389 g/mol. The quantitative estimate of drug-likeness (QED) is 0.773. The van der Waals surface area contributed by atoms with Crippen LogP contribution in [-0.2, 0) is 16.6 Å². The smallest absolute Gasteiger partial charge is 0.253 e. The molecule has 0 atom stereocenters. The lowest BCUT2D eigenvalue weighted by atomic mass is 10.4. The maximum Gasteiger partial charge on any atom is 0.253 e. The molecule has 1 aliphatic carbocycles. The van der Waals surface area contributed by atoms with Crippen LogP contribution in [0.5, 0.6) is 0 Å². The van der Waals surface area contributed by atoms with Crippen LogP contribution in [0, 0.1) is 13.8 Å². The average molecular weight is 390 g/mol. The number of hydrogen-bond acceptors (Lipinski definition) is 4. The Balaban J connectivity index is 1.92. The van der Waals surface area contributed by atoms with Crippen LogP contribution >= 0.6 is 27.3 Å². The maximum atomic E-state index is 12.9. The largest absolute Gasteiger partial charge is 0.465 e. The third kappa shape index (κ3) is 3.11. The van der Waals surface area contributed by atoms with Crippen molar-refractivity contribution in [2.45, 2.75) is 43.5 Å². The molecule has 21 heavy (non-hydrogen) atoms. The normalized spacial score (nSPS) is 15.8. The lowest BCUT2D eigenvalue weighted by Crippen LogP contribution is -2.32. The number of sulfonamides is 1. The highest BCUT2D eigenvalue weighted by Gasteiger charge is 2.39. The van der Waals surface area contributed by atoms with Gasteiger partial charge in [0.1, 0.15) is 15.7 Å². The zero-order chi connectivity index (χ0) is 15.2. The summed E-state index contributed by atoms with van der Waals surface area (Å²) in [6.45, 7) is 4.06. The SMILES string of the molecule is Cc1ccc(CN(C2CC2)S(=O)(=O)c2cc(C)c(Br)s2)o1. The van der Waals surface area contributed by atoms with Crippen molar-refractivity contribution in [1.29, 1.82) is 0 Å². The Bertz CT molecular complexity index is 740. The van der Waals surface area contributed by atoms with Crippen LogP contribution in [0.2, 0.25) is 0 Å². The van der Waals surface area contributed by atoms with Crippen molar-refractivity contribution in [2.75, 3.05) is 0 Å². The molecule has 0 amide bonds. The number of aryl methyl sites for hydroxylation is 2. The highest BCUT2D eigenvalue weighted by molar-refractivity contribution is 9.11. The summed E-state index contributed by atoms with van der Waals surface area (Å²) in [5.41, 5.74) is 0.947. The zero-order valence-corrected chi connectivity index (χ0v) is 15.0. The topological polar surface area (TPSA) is 50.5 Å². The highest BCUT2D eigenvalue weighted by Crippen LogP contribution is 2.38. The predicted octanol–water partition coefficient (Wildman–Crippen LogP) is 4.07. The predicted molar refractivity (Wildman–Crippen MR) is 86.0 cm³/mol. The van der Waals surface area contributed by atoms with Crippen LogP contribution in [0.4, 0.5) is 0 Å². The van der Waals surface area contributed by atoms with E-state index in [0.717, 1.165) is 28.0 Å². The Labute approximate surface area is 136 Å². The fourth-order valence-electron chi connectivity index (χ4n) is 2.17. The van der Waals surface area contributed by atoms with Gasteiger partial charge in [-0.2, -0.15) is 4.31 Å². The summed E-state index contributed by atoms with van der Waals surface area (Å²) in [4.78, 5) is 0. The molecular formula is C14H16BrNO3S2. The van der Waals surface area contributed by atoms with Crippen molar-refractivity contribution in [3.63, 3.8) is 0 Å². The van der Waals surface area contributed by atoms with Crippen molar-refractivity contribution < 1.29 is 12.8 Å². The van der Waals surface area contributed by atoms with Crippen molar-refractivity contribution in [3.05, 3.63) is 39.1 Å². The van der Waals surface area contributed by atoms with Gasteiger partial charge in [-0.3, -0.25) is 0 Å². The minimum atomic E-state index is -3.47. The summed E-state index contributed by atoms with van der Waals surface area (Å²) in [5, 5.41) is 0. The number of thiophene rings is 1. The molecule has 0 radical (unpaired) electrons. The molecule has 2 aromatic heterocycles. The van der Waals surface area contributed by atoms with E-state index in [-0.39, 0.29) is 6.04 Å². The van der Waals surface area contributed by atoms with Crippen LogP contribution in [0.25, 0.3) is 0 Å². The average Bonchev–Trinajstić information content (AvgIpc) is 3.08. The van der Waals surface area contributed by atoms with Gasteiger partial charge in [0.25, 0.3) is 10.0 Å². The molecule has 4 nitrogen and oxygen atoms in total. The second-order valence-electron chi connectivity index (χ2n) is 5.32. The Morgan fingerprint density at radius 1 is 1.38 bits per heavy atom. The van der Waals surface area contributed by atoms with E-state index in [0.29, 0.717) is 16.5 Å². The van der Waals surface area contributed by atoms with Gasteiger partial charge < -0.3 is 4.42 Å². The fraction of sp³-hybridized carbons (Fsp3) is 0.429. The van der Waals surface area contributed by atoms with Gasteiger partial charge in [0.2, 0.25) is 0 Å². The van der Waals surface area contributed by atoms with Gasteiger partial charge in [-0.05, 0) is 66.4 Å². The minimum Gasteiger partial charge on any atom is -0.465 e. The number of hydrogen-bond donors (Lipinski definition) is 0. The van der Waals surface area contributed by atoms with E-state index < -0.39 is 10.0 Å². The molecule has 0 aromatic carbocycles. The molecule has 0 N–H and O–H groups in total. The van der Waals surface area contributed by atoms with Gasteiger partial charge in [0.05, 0.1) is 10.3 Å². The molecule has 1 saturated carbocycles. The summed E-state index contributed by atoms with van der Waals surface area (Å²) in [6, 6.07) is 5.53. The molecule has 0 aliphatic heterocycles. The standard InChI is InChI=1S/C14H16BrNO3S2/c1-9-7-13(20-14(9)15)21(17,18)16(11-4-5-11)8-12-6-3-10(2)19-12/h3,6-7,11H,4-5,8H2,1-2H3. The molecule has 2 aromatic rings. The van der Waals surface area contributed by atoms with Crippen LogP contribution in [0.15, 0.2) is 30.6 Å². The van der Waals surface area contributed by atoms with E-state index in [2.05, 4.69) is 15.9 Å². The first-order chi connectivity index (χ1) is 9.88. The minimum absolute atomic E-state index is 0.0987. The number of nitrogens with zero attached hydrogens (tertiary/aromatic N) is 1. The molecule has 0 unspecified atom stereocenters. The maximum absolute atomic E-state index is 12.9. The van der Waals surface area contributed by atoms with Gasteiger partial charge in [-0.25, -0.2) is 8.42 Å². The molecule has 3 rings (SSSR count). The molecule has 114 valence electrons. The first kappa shape index (κ1) is 15.3. The lowest BCUT2D eigenvalue weighted by molar-refractivity contribution is 0.352. The fourth-order valence-corrected chi connectivity index (χ4v) is 6.18. The van der Waals surface area contributed by atoms with E-state index in [1.165, 1.54) is 11.3 Å². The van der Waals surface area contributed by atoms with Crippen molar-refractivity contribution >= 4 is 37.3 Å². The Kier molecular flexibility index (Phi) is 4.02. The second-order valence-corrected chi connectivity index (χ2v) is 9.80. The Hall–Kier alpha value is -0.630. The van der Waals surface area contributed by atoms with Crippen molar-refractivity contribution in [3.8, 4) is 0 Å². The zero-order valence-electron chi connectivity index (χ0n) is 11.8.